The molecule has 0 bridgehead atoms. The fourth-order valence-corrected chi connectivity index (χ4v) is 3.23. The maximum absolute atomic E-state index is 6.34. The molecule has 1 heterocycles. The van der Waals surface area contributed by atoms with Gasteiger partial charge in [-0.25, -0.2) is 0 Å². The van der Waals surface area contributed by atoms with Crippen LogP contribution in [0.5, 0.6) is 0 Å². The lowest BCUT2D eigenvalue weighted by atomic mass is 10.1. The Labute approximate surface area is 122 Å². The fourth-order valence-electron chi connectivity index (χ4n) is 2.94. The average molecular weight is 281 g/mol. The van der Waals surface area contributed by atoms with Crippen LogP contribution < -0.4 is 5.32 Å². The van der Waals surface area contributed by atoms with Gasteiger partial charge in [0.25, 0.3) is 0 Å². The molecule has 1 fully saturated rings. The van der Waals surface area contributed by atoms with Gasteiger partial charge in [0, 0.05) is 23.7 Å². The number of rotatable bonds is 6. The highest BCUT2D eigenvalue weighted by Crippen LogP contribution is 2.27. The number of nitrogens with zero attached hydrogens (tertiary/aromatic N) is 1. The van der Waals surface area contributed by atoms with E-state index in [-0.39, 0.29) is 0 Å². The van der Waals surface area contributed by atoms with Gasteiger partial charge >= 0.3 is 0 Å². The normalized spacial score (nSPS) is 20.9. The Morgan fingerprint density at radius 1 is 1.42 bits per heavy atom. The Kier molecular flexibility index (Phi) is 5.68. The predicted molar refractivity (Wildman–Crippen MR) is 82.8 cm³/mol. The summed E-state index contributed by atoms with van der Waals surface area (Å²) in [4.78, 5) is 2.56. The van der Waals surface area contributed by atoms with E-state index in [1.54, 1.807) is 0 Å². The molecule has 19 heavy (non-hydrogen) atoms. The van der Waals surface area contributed by atoms with Gasteiger partial charge in [0.1, 0.15) is 0 Å². The number of hydrogen-bond acceptors (Lipinski definition) is 2. The number of nitrogens with one attached hydrogen (secondary N) is 1. The van der Waals surface area contributed by atoms with Crippen LogP contribution in [-0.2, 0) is 0 Å². The average Bonchev–Trinajstić information content (AvgIpc) is 2.91. The molecule has 2 rings (SSSR count). The summed E-state index contributed by atoms with van der Waals surface area (Å²) in [5.41, 5.74) is 1.25. The molecule has 106 valence electrons. The van der Waals surface area contributed by atoms with Crippen molar-refractivity contribution in [3.63, 3.8) is 0 Å². The topological polar surface area (TPSA) is 15.3 Å². The third-order valence-corrected chi connectivity index (χ3v) is 4.38. The Bertz CT molecular complexity index is 388. The number of hydrogen-bond donors (Lipinski definition) is 1. The van der Waals surface area contributed by atoms with E-state index < -0.39 is 0 Å². The SMILES string of the molecule is CCCN(CC1CCCN1)C(C)c1ccccc1Cl. The molecule has 0 spiro atoms. The van der Waals surface area contributed by atoms with Gasteiger partial charge in [0.15, 0.2) is 0 Å². The van der Waals surface area contributed by atoms with Crippen LogP contribution in [0.15, 0.2) is 24.3 Å². The third kappa shape index (κ3) is 3.95. The monoisotopic (exact) mass is 280 g/mol. The van der Waals surface area contributed by atoms with Crippen LogP contribution >= 0.6 is 11.6 Å². The molecule has 0 amide bonds. The summed E-state index contributed by atoms with van der Waals surface area (Å²) >= 11 is 6.34. The Morgan fingerprint density at radius 2 is 2.21 bits per heavy atom. The number of benzene rings is 1. The maximum atomic E-state index is 6.34. The highest BCUT2D eigenvalue weighted by atomic mass is 35.5. The Morgan fingerprint density at radius 3 is 2.84 bits per heavy atom. The van der Waals surface area contributed by atoms with Crippen molar-refractivity contribution in [1.82, 2.24) is 10.2 Å². The van der Waals surface area contributed by atoms with Crippen LogP contribution in [-0.4, -0.2) is 30.6 Å². The quantitative estimate of drug-likeness (QED) is 0.851. The molecule has 2 atom stereocenters. The molecular weight excluding hydrogens is 256 g/mol. The highest BCUT2D eigenvalue weighted by molar-refractivity contribution is 6.31. The molecular formula is C16H25ClN2. The molecule has 1 aromatic rings. The Hall–Kier alpha value is -0.570. The molecule has 1 aromatic carbocycles. The van der Waals surface area contributed by atoms with Gasteiger partial charge in [0.2, 0.25) is 0 Å². The molecule has 0 aliphatic carbocycles. The summed E-state index contributed by atoms with van der Waals surface area (Å²) in [5, 5.41) is 4.48. The van der Waals surface area contributed by atoms with Crippen LogP contribution in [0.2, 0.25) is 5.02 Å². The van der Waals surface area contributed by atoms with Gasteiger partial charge in [-0.1, -0.05) is 36.7 Å². The lowest BCUT2D eigenvalue weighted by molar-refractivity contribution is 0.192. The van der Waals surface area contributed by atoms with E-state index >= 15 is 0 Å². The van der Waals surface area contributed by atoms with Gasteiger partial charge in [-0.05, 0) is 50.9 Å². The van der Waals surface area contributed by atoms with Crippen molar-refractivity contribution in [3.8, 4) is 0 Å². The van der Waals surface area contributed by atoms with Crippen LogP contribution in [0.4, 0.5) is 0 Å². The first-order valence-electron chi connectivity index (χ1n) is 7.44. The first-order valence-corrected chi connectivity index (χ1v) is 7.82. The van der Waals surface area contributed by atoms with Crippen molar-refractivity contribution in [2.75, 3.05) is 19.6 Å². The molecule has 3 heteroatoms. The summed E-state index contributed by atoms with van der Waals surface area (Å²) in [6, 6.07) is 9.26. The lowest BCUT2D eigenvalue weighted by Gasteiger charge is -2.32. The summed E-state index contributed by atoms with van der Waals surface area (Å²) in [6.07, 6.45) is 3.79. The highest BCUT2D eigenvalue weighted by Gasteiger charge is 2.22. The number of halogens is 1. The second-order valence-electron chi connectivity index (χ2n) is 5.49. The van der Waals surface area contributed by atoms with Gasteiger partial charge in [-0.15, -0.1) is 0 Å². The summed E-state index contributed by atoms with van der Waals surface area (Å²) < 4.78 is 0. The smallest absolute Gasteiger partial charge is 0.0453 e. The second-order valence-corrected chi connectivity index (χ2v) is 5.89. The minimum atomic E-state index is 0.385. The summed E-state index contributed by atoms with van der Waals surface area (Å²) in [6.45, 7) is 7.94. The van der Waals surface area contributed by atoms with E-state index in [4.69, 9.17) is 11.6 Å². The maximum Gasteiger partial charge on any atom is 0.0453 e. The molecule has 1 aliphatic heterocycles. The van der Waals surface area contributed by atoms with E-state index in [9.17, 15) is 0 Å². The van der Waals surface area contributed by atoms with Crippen LogP contribution in [0, 0.1) is 0 Å². The summed E-state index contributed by atoms with van der Waals surface area (Å²) in [7, 11) is 0. The molecule has 2 nitrogen and oxygen atoms in total. The predicted octanol–water partition coefficient (Wildman–Crippen LogP) is 3.87. The van der Waals surface area contributed by atoms with Crippen LogP contribution in [0.3, 0.4) is 0 Å². The van der Waals surface area contributed by atoms with Crippen LogP contribution in [0.1, 0.15) is 44.7 Å². The zero-order valence-corrected chi connectivity index (χ0v) is 12.8. The molecule has 1 aliphatic rings. The van der Waals surface area contributed by atoms with Crippen LogP contribution in [0.25, 0.3) is 0 Å². The minimum absolute atomic E-state index is 0.385. The molecule has 0 aromatic heterocycles. The third-order valence-electron chi connectivity index (χ3n) is 4.03. The molecule has 1 N–H and O–H groups in total. The fraction of sp³-hybridized carbons (Fsp3) is 0.625. The first kappa shape index (κ1) is 14.8. The second kappa shape index (κ2) is 7.28. The van der Waals surface area contributed by atoms with Crippen molar-refractivity contribution in [2.45, 2.75) is 45.2 Å². The Balaban J connectivity index is 2.06. The van der Waals surface area contributed by atoms with Crippen molar-refractivity contribution < 1.29 is 0 Å². The van der Waals surface area contributed by atoms with E-state index in [0.29, 0.717) is 12.1 Å². The molecule has 1 saturated heterocycles. The largest absolute Gasteiger partial charge is 0.313 e. The van der Waals surface area contributed by atoms with Crippen molar-refractivity contribution >= 4 is 11.6 Å². The molecule has 2 unspecified atom stereocenters. The minimum Gasteiger partial charge on any atom is -0.313 e. The van der Waals surface area contributed by atoms with Crippen molar-refractivity contribution in [1.29, 1.82) is 0 Å². The van der Waals surface area contributed by atoms with E-state index in [2.05, 4.69) is 36.2 Å². The standard InChI is InChI=1S/C16H25ClN2/c1-3-11-19(12-14-7-6-10-18-14)13(2)15-8-4-5-9-16(15)17/h4-5,8-9,13-14,18H,3,6-7,10-12H2,1-2H3. The summed E-state index contributed by atoms with van der Waals surface area (Å²) in [5.74, 6) is 0. The van der Waals surface area contributed by atoms with E-state index in [0.717, 1.165) is 18.1 Å². The van der Waals surface area contributed by atoms with Crippen molar-refractivity contribution in [3.05, 3.63) is 34.9 Å². The van der Waals surface area contributed by atoms with Gasteiger partial charge in [-0.2, -0.15) is 0 Å². The van der Waals surface area contributed by atoms with Gasteiger partial charge in [0.05, 0.1) is 0 Å². The zero-order valence-electron chi connectivity index (χ0n) is 12.0. The molecule has 0 radical (unpaired) electrons. The van der Waals surface area contributed by atoms with Gasteiger partial charge in [-0.3, -0.25) is 4.90 Å². The van der Waals surface area contributed by atoms with Crippen molar-refractivity contribution in [2.24, 2.45) is 0 Å². The first-order chi connectivity index (χ1) is 9.22. The van der Waals surface area contributed by atoms with E-state index in [1.165, 1.54) is 31.4 Å². The lowest BCUT2D eigenvalue weighted by Crippen LogP contribution is -2.39. The van der Waals surface area contributed by atoms with Gasteiger partial charge < -0.3 is 5.32 Å². The zero-order chi connectivity index (χ0) is 13.7. The van der Waals surface area contributed by atoms with E-state index in [1.807, 2.05) is 12.1 Å². The molecule has 0 saturated carbocycles.